The van der Waals surface area contributed by atoms with E-state index in [4.69, 9.17) is 5.73 Å². The van der Waals surface area contributed by atoms with Crippen LogP contribution in [-0.2, 0) is 4.79 Å². The van der Waals surface area contributed by atoms with Gasteiger partial charge >= 0.3 is 0 Å². The first-order chi connectivity index (χ1) is 9.56. The molecule has 5 heteroatoms. The number of benzene rings is 1. The van der Waals surface area contributed by atoms with Crippen molar-refractivity contribution in [1.82, 2.24) is 4.90 Å². The van der Waals surface area contributed by atoms with Gasteiger partial charge in [0, 0.05) is 18.3 Å². The van der Waals surface area contributed by atoms with Crippen LogP contribution in [-0.4, -0.2) is 36.5 Å². The summed E-state index contributed by atoms with van der Waals surface area (Å²) in [5.74, 6) is 0.446. The van der Waals surface area contributed by atoms with Gasteiger partial charge in [-0.25, -0.2) is 0 Å². The first kappa shape index (κ1) is 18.0. The lowest BCUT2D eigenvalue weighted by atomic mass is 10.0. The smallest absolute Gasteiger partial charge is 0.238 e. The molecule has 1 aliphatic rings. The lowest BCUT2D eigenvalue weighted by Gasteiger charge is -2.30. The molecule has 1 aromatic carbocycles. The van der Waals surface area contributed by atoms with E-state index in [-0.39, 0.29) is 24.4 Å². The van der Waals surface area contributed by atoms with E-state index in [9.17, 15) is 4.79 Å². The fourth-order valence-electron chi connectivity index (χ4n) is 2.74. The van der Waals surface area contributed by atoms with Crippen LogP contribution in [0, 0.1) is 0 Å². The number of nitrogens with zero attached hydrogens (tertiary/aromatic N) is 1. The highest BCUT2D eigenvalue weighted by molar-refractivity contribution is 5.93. The van der Waals surface area contributed by atoms with Crippen LogP contribution in [0.4, 0.5) is 5.69 Å². The fraction of sp³-hybridized carbons (Fsp3) is 0.562. The molecule has 0 bridgehead atoms. The molecule has 1 fully saturated rings. The number of piperidine rings is 1. The Bertz CT molecular complexity index is 465. The predicted molar refractivity (Wildman–Crippen MR) is 90.1 cm³/mol. The summed E-state index contributed by atoms with van der Waals surface area (Å²) >= 11 is 0. The summed E-state index contributed by atoms with van der Waals surface area (Å²) in [6.07, 6.45) is 2.14. The molecular formula is C16H26ClN3O. The van der Waals surface area contributed by atoms with Crippen LogP contribution >= 0.6 is 12.4 Å². The molecule has 1 saturated heterocycles. The molecule has 0 spiro atoms. The molecule has 0 aliphatic carbocycles. The number of hydrogen-bond donors (Lipinski definition) is 2. The first-order valence-electron chi connectivity index (χ1n) is 7.43. The van der Waals surface area contributed by atoms with Gasteiger partial charge in [0.25, 0.3) is 0 Å². The van der Waals surface area contributed by atoms with Crippen molar-refractivity contribution in [1.29, 1.82) is 0 Å². The van der Waals surface area contributed by atoms with Crippen molar-refractivity contribution < 1.29 is 4.79 Å². The molecule has 118 valence electrons. The molecule has 3 N–H and O–H groups in total. The molecule has 0 radical (unpaired) electrons. The van der Waals surface area contributed by atoms with Gasteiger partial charge in [-0.2, -0.15) is 0 Å². The van der Waals surface area contributed by atoms with Crippen molar-refractivity contribution in [2.75, 3.05) is 25.0 Å². The summed E-state index contributed by atoms with van der Waals surface area (Å²) in [4.78, 5) is 14.3. The molecule has 0 saturated carbocycles. The van der Waals surface area contributed by atoms with E-state index in [0.717, 1.165) is 31.6 Å². The van der Waals surface area contributed by atoms with Crippen molar-refractivity contribution in [3.63, 3.8) is 0 Å². The van der Waals surface area contributed by atoms with Gasteiger partial charge in [0.05, 0.1) is 6.54 Å². The third-order valence-corrected chi connectivity index (χ3v) is 3.77. The van der Waals surface area contributed by atoms with Crippen LogP contribution in [0.2, 0.25) is 0 Å². The highest BCUT2D eigenvalue weighted by Gasteiger charge is 2.19. The summed E-state index contributed by atoms with van der Waals surface area (Å²) < 4.78 is 0. The second-order valence-electron chi connectivity index (χ2n) is 5.93. The van der Waals surface area contributed by atoms with Crippen LogP contribution in [0.3, 0.4) is 0 Å². The van der Waals surface area contributed by atoms with Crippen molar-refractivity contribution >= 4 is 24.0 Å². The van der Waals surface area contributed by atoms with Crippen molar-refractivity contribution in [2.45, 2.75) is 38.6 Å². The SMILES string of the molecule is CC(C)c1ccccc1NC(=O)CN1CCC[C@@H](N)C1.Cl. The van der Waals surface area contributed by atoms with Gasteiger partial charge in [-0.05, 0) is 36.9 Å². The van der Waals surface area contributed by atoms with E-state index in [0.29, 0.717) is 12.5 Å². The number of carbonyl (C=O) groups excluding carboxylic acids is 1. The molecule has 0 aromatic heterocycles. The third kappa shape index (κ3) is 5.30. The second-order valence-corrected chi connectivity index (χ2v) is 5.93. The largest absolute Gasteiger partial charge is 0.327 e. The summed E-state index contributed by atoms with van der Waals surface area (Å²) in [5.41, 5.74) is 8.05. The Morgan fingerprint density at radius 3 is 2.81 bits per heavy atom. The van der Waals surface area contributed by atoms with Crippen molar-refractivity contribution in [2.24, 2.45) is 5.73 Å². The van der Waals surface area contributed by atoms with Gasteiger partial charge in [-0.3, -0.25) is 9.69 Å². The predicted octanol–water partition coefficient (Wildman–Crippen LogP) is 2.59. The number of para-hydroxylation sites is 1. The molecule has 1 amide bonds. The Labute approximate surface area is 133 Å². The number of halogens is 1. The highest BCUT2D eigenvalue weighted by atomic mass is 35.5. The molecule has 2 rings (SSSR count). The average Bonchev–Trinajstić information content (AvgIpc) is 2.38. The van der Waals surface area contributed by atoms with E-state index in [1.165, 1.54) is 5.56 Å². The van der Waals surface area contributed by atoms with Gasteiger partial charge in [0.2, 0.25) is 5.91 Å². The minimum Gasteiger partial charge on any atom is -0.327 e. The lowest BCUT2D eigenvalue weighted by molar-refractivity contribution is -0.117. The van der Waals surface area contributed by atoms with E-state index in [2.05, 4.69) is 30.1 Å². The normalized spacial score (nSPS) is 19.1. The maximum absolute atomic E-state index is 12.2. The Morgan fingerprint density at radius 2 is 2.14 bits per heavy atom. The zero-order chi connectivity index (χ0) is 14.5. The van der Waals surface area contributed by atoms with Gasteiger partial charge in [0.1, 0.15) is 0 Å². The fourth-order valence-corrected chi connectivity index (χ4v) is 2.74. The average molecular weight is 312 g/mol. The zero-order valence-electron chi connectivity index (χ0n) is 12.8. The summed E-state index contributed by atoms with van der Waals surface area (Å²) in [7, 11) is 0. The number of anilines is 1. The molecule has 1 atom stereocenters. The third-order valence-electron chi connectivity index (χ3n) is 3.77. The van der Waals surface area contributed by atoms with Crippen LogP contribution in [0.15, 0.2) is 24.3 Å². The Balaban J connectivity index is 0.00000220. The highest BCUT2D eigenvalue weighted by Crippen LogP contribution is 2.23. The monoisotopic (exact) mass is 311 g/mol. The quantitative estimate of drug-likeness (QED) is 0.898. The van der Waals surface area contributed by atoms with E-state index < -0.39 is 0 Å². The number of carbonyl (C=O) groups is 1. The molecular weight excluding hydrogens is 286 g/mol. The number of nitrogens with two attached hydrogens (primary N) is 1. The summed E-state index contributed by atoms with van der Waals surface area (Å²) in [6, 6.07) is 8.21. The van der Waals surface area contributed by atoms with Gasteiger partial charge in [-0.15, -0.1) is 12.4 Å². The maximum Gasteiger partial charge on any atom is 0.238 e. The molecule has 1 aromatic rings. The standard InChI is InChI=1S/C16H25N3O.ClH/c1-12(2)14-7-3-4-8-15(14)18-16(20)11-19-9-5-6-13(17)10-19;/h3-4,7-8,12-13H,5-6,9-11,17H2,1-2H3,(H,18,20);1H/t13-;/m1./s1. The summed E-state index contributed by atoms with van der Waals surface area (Å²) in [6.45, 7) is 6.48. The van der Waals surface area contributed by atoms with Crippen molar-refractivity contribution in [3.05, 3.63) is 29.8 Å². The van der Waals surface area contributed by atoms with Crippen LogP contribution in [0.1, 0.15) is 38.2 Å². The molecule has 1 heterocycles. The van der Waals surface area contributed by atoms with Crippen molar-refractivity contribution in [3.8, 4) is 0 Å². The van der Waals surface area contributed by atoms with Crippen LogP contribution in [0.25, 0.3) is 0 Å². The molecule has 21 heavy (non-hydrogen) atoms. The molecule has 0 unspecified atom stereocenters. The Morgan fingerprint density at radius 1 is 1.43 bits per heavy atom. The lowest BCUT2D eigenvalue weighted by Crippen LogP contribution is -2.45. The van der Waals surface area contributed by atoms with E-state index in [1.807, 2.05) is 18.2 Å². The maximum atomic E-state index is 12.2. The van der Waals surface area contributed by atoms with Crippen LogP contribution < -0.4 is 11.1 Å². The number of likely N-dealkylation sites (tertiary alicyclic amines) is 1. The minimum atomic E-state index is 0. The number of rotatable bonds is 4. The van der Waals surface area contributed by atoms with Gasteiger partial charge in [0.15, 0.2) is 0 Å². The topological polar surface area (TPSA) is 58.4 Å². The first-order valence-corrected chi connectivity index (χ1v) is 7.43. The molecule has 4 nitrogen and oxygen atoms in total. The van der Waals surface area contributed by atoms with Gasteiger partial charge in [-0.1, -0.05) is 32.0 Å². The summed E-state index contributed by atoms with van der Waals surface area (Å²) in [5, 5.41) is 3.03. The molecule has 1 aliphatic heterocycles. The Hall–Kier alpha value is -1.10. The van der Waals surface area contributed by atoms with Gasteiger partial charge < -0.3 is 11.1 Å². The van der Waals surface area contributed by atoms with Crippen LogP contribution in [0.5, 0.6) is 0 Å². The minimum absolute atomic E-state index is 0. The number of nitrogens with one attached hydrogen (secondary N) is 1. The van der Waals surface area contributed by atoms with E-state index >= 15 is 0 Å². The second kappa shape index (κ2) is 8.37. The zero-order valence-corrected chi connectivity index (χ0v) is 13.7. The Kier molecular flexibility index (Phi) is 7.15. The number of hydrogen-bond acceptors (Lipinski definition) is 3. The number of amides is 1. The van der Waals surface area contributed by atoms with E-state index in [1.54, 1.807) is 0 Å².